The molecule has 1 saturated heterocycles. The van der Waals surface area contributed by atoms with E-state index in [9.17, 15) is 14.0 Å². The van der Waals surface area contributed by atoms with Crippen LogP contribution in [0, 0.1) is 5.82 Å². The van der Waals surface area contributed by atoms with Crippen LogP contribution in [0.5, 0.6) is 0 Å². The second kappa shape index (κ2) is 13.0. The number of nitrogens with zero attached hydrogens (tertiary/aromatic N) is 4. The number of rotatable bonds is 11. The van der Waals surface area contributed by atoms with Crippen molar-refractivity contribution in [3.05, 3.63) is 59.7 Å². The lowest BCUT2D eigenvalue weighted by Crippen LogP contribution is -2.67. The SMILES string of the molecule is C=C(NCc1ccc(F)cc1)N1C(CN(CCC2=CCCCC2)C(C)=O)N(CSC)C(=O)CN1C. The number of carbonyl (C=O) groups excluding carboxylic acids is 2. The predicted octanol–water partition coefficient (Wildman–Crippen LogP) is 3.76. The third-order valence-electron chi connectivity index (χ3n) is 6.57. The predicted molar refractivity (Wildman–Crippen MR) is 139 cm³/mol. The second-order valence-corrected chi connectivity index (χ2v) is 10.0. The Hall–Kier alpha value is -2.52. The molecule has 1 heterocycles. The van der Waals surface area contributed by atoms with Crippen LogP contribution >= 0.6 is 11.8 Å². The molecule has 9 heteroatoms. The normalized spacial score (nSPS) is 18.9. The summed E-state index contributed by atoms with van der Waals surface area (Å²) < 4.78 is 13.3. The molecule has 3 rings (SSSR count). The van der Waals surface area contributed by atoms with Gasteiger partial charge in [0.15, 0.2) is 0 Å². The highest BCUT2D eigenvalue weighted by Crippen LogP contribution is 2.24. The molecule has 1 aliphatic carbocycles. The fourth-order valence-corrected chi connectivity index (χ4v) is 5.21. The van der Waals surface area contributed by atoms with E-state index in [0.717, 1.165) is 24.8 Å². The maximum atomic E-state index is 13.3. The Bertz CT molecular complexity index is 923. The molecule has 0 radical (unpaired) electrons. The Balaban J connectivity index is 1.76. The molecular formula is C26H38FN5O2S. The van der Waals surface area contributed by atoms with Crippen LogP contribution in [0.2, 0.25) is 0 Å². The zero-order valence-electron chi connectivity index (χ0n) is 21.1. The fourth-order valence-electron chi connectivity index (χ4n) is 4.62. The van der Waals surface area contributed by atoms with Gasteiger partial charge in [0.05, 0.1) is 19.0 Å². The highest BCUT2D eigenvalue weighted by molar-refractivity contribution is 7.98. The zero-order chi connectivity index (χ0) is 25.4. The minimum atomic E-state index is -0.383. The summed E-state index contributed by atoms with van der Waals surface area (Å²) in [5.74, 6) is 0.890. The third-order valence-corrected chi connectivity index (χ3v) is 7.10. The first kappa shape index (κ1) is 27.1. The number of hydrogen-bond acceptors (Lipinski definition) is 6. The number of allylic oxidation sites excluding steroid dienone is 1. The van der Waals surface area contributed by atoms with Gasteiger partial charge in [0.2, 0.25) is 11.8 Å². The minimum Gasteiger partial charge on any atom is -0.367 e. The highest BCUT2D eigenvalue weighted by atomic mass is 32.2. The average Bonchev–Trinajstić information content (AvgIpc) is 2.83. The van der Waals surface area contributed by atoms with Gasteiger partial charge in [-0.25, -0.2) is 9.40 Å². The standard InChI is InChI=1S/C26H38FN5O2S/c1-20(28-16-23-10-12-24(27)13-11-23)32-25(31(19-35-4)26(34)18-29(32)3)17-30(21(2)33)15-14-22-8-6-5-7-9-22/h8,10-13,25,28H,1,5-7,9,14-19H2,2-4H3. The Labute approximate surface area is 213 Å². The lowest BCUT2D eigenvalue weighted by molar-refractivity contribution is -0.169. The minimum absolute atomic E-state index is 0.00369. The van der Waals surface area contributed by atoms with Gasteiger partial charge in [0.25, 0.3) is 0 Å². The zero-order valence-corrected chi connectivity index (χ0v) is 22.0. The van der Waals surface area contributed by atoms with Crippen molar-refractivity contribution in [2.75, 3.05) is 38.8 Å². The monoisotopic (exact) mass is 503 g/mol. The first-order valence-corrected chi connectivity index (χ1v) is 13.6. The maximum absolute atomic E-state index is 13.3. The van der Waals surface area contributed by atoms with E-state index in [2.05, 4.69) is 18.0 Å². The molecule has 1 fully saturated rings. The van der Waals surface area contributed by atoms with Gasteiger partial charge in [-0.15, -0.1) is 11.8 Å². The van der Waals surface area contributed by atoms with Crippen molar-refractivity contribution < 1.29 is 14.0 Å². The molecule has 35 heavy (non-hydrogen) atoms. The highest BCUT2D eigenvalue weighted by Gasteiger charge is 2.39. The molecule has 1 aromatic carbocycles. The summed E-state index contributed by atoms with van der Waals surface area (Å²) in [4.78, 5) is 29.3. The largest absolute Gasteiger partial charge is 0.367 e. The summed E-state index contributed by atoms with van der Waals surface area (Å²) in [5.41, 5.74) is 2.34. The number of nitrogens with one attached hydrogen (secondary N) is 1. The maximum Gasteiger partial charge on any atom is 0.241 e. The fraction of sp³-hybridized carbons (Fsp3) is 0.538. The number of thioether (sulfide) groups is 1. The summed E-state index contributed by atoms with van der Waals surface area (Å²) in [5, 5.41) is 7.14. The van der Waals surface area contributed by atoms with Crippen LogP contribution in [0.15, 0.2) is 48.3 Å². The van der Waals surface area contributed by atoms with E-state index in [1.807, 2.05) is 33.1 Å². The molecule has 2 aliphatic rings. The van der Waals surface area contributed by atoms with Gasteiger partial charge in [0.1, 0.15) is 17.8 Å². The van der Waals surface area contributed by atoms with E-state index in [1.165, 1.54) is 30.5 Å². The Morgan fingerprint density at radius 3 is 2.66 bits per heavy atom. The molecule has 0 spiro atoms. The first-order valence-electron chi connectivity index (χ1n) is 12.2. The number of hydrazine groups is 1. The topological polar surface area (TPSA) is 59.1 Å². The molecule has 1 unspecified atom stereocenters. The van der Waals surface area contributed by atoms with Crippen LogP contribution in [0.4, 0.5) is 4.39 Å². The molecule has 7 nitrogen and oxygen atoms in total. The molecule has 1 aliphatic heterocycles. The van der Waals surface area contributed by atoms with E-state index in [1.54, 1.807) is 30.8 Å². The number of halogens is 1. The van der Waals surface area contributed by atoms with Crippen LogP contribution in [-0.2, 0) is 16.1 Å². The van der Waals surface area contributed by atoms with E-state index < -0.39 is 0 Å². The average molecular weight is 504 g/mol. The van der Waals surface area contributed by atoms with Crippen LogP contribution in [0.1, 0.15) is 44.6 Å². The number of carbonyl (C=O) groups is 2. The Morgan fingerprint density at radius 2 is 2.03 bits per heavy atom. The number of benzene rings is 1. The summed E-state index contributed by atoms with van der Waals surface area (Å²) in [6.45, 7) is 7.55. The van der Waals surface area contributed by atoms with Crippen LogP contribution < -0.4 is 5.32 Å². The van der Waals surface area contributed by atoms with Crippen molar-refractivity contribution in [3.63, 3.8) is 0 Å². The third kappa shape index (κ3) is 7.48. The van der Waals surface area contributed by atoms with Crippen LogP contribution in [0.3, 0.4) is 0 Å². The lowest BCUT2D eigenvalue weighted by Gasteiger charge is -2.50. The lowest BCUT2D eigenvalue weighted by atomic mass is 9.97. The van der Waals surface area contributed by atoms with Crippen molar-refractivity contribution in [1.29, 1.82) is 0 Å². The summed E-state index contributed by atoms with van der Waals surface area (Å²) in [6, 6.07) is 6.32. The second-order valence-electron chi connectivity index (χ2n) is 9.17. The quantitative estimate of drug-likeness (QED) is 0.464. The number of likely N-dealkylation sites (N-methyl/N-ethyl adjacent to an activating group) is 1. The van der Waals surface area contributed by atoms with Crippen molar-refractivity contribution in [1.82, 2.24) is 25.1 Å². The molecule has 1 aromatic rings. The molecule has 1 atom stereocenters. The molecule has 0 saturated carbocycles. The van der Waals surface area contributed by atoms with Crippen molar-refractivity contribution in [3.8, 4) is 0 Å². The summed E-state index contributed by atoms with van der Waals surface area (Å²) in [7, 11) is 1.86. The molecule has 192 valence electrons. The molecule has 0 aromatic heterocycles. The van der Waals surface area contributed by atoms with Gasteiger partial charge in [0, 0.05) is 27.1 Å². The first-order chi connectivity index (χ1) is 16.8. The molecule has 0 bridgehead atoms. The Kier molecular flexibility index (Phi) is 10.0. The van der Waals surface area contributed by atoms with Gasteiger partial charge in [-0.2, -0.15) is 0 Å². The van der Waals surface area contributed by atoms with Crippen molar-refractivity contribution in [2.24, 2.45) is 0 Å². The van der Waals surface area contributed by atoms with Crippen molar-refractivity contribution in [2.45, 2.75) is 51.7 Å². The molecule has 1 N–H and O–H groups in total. The van der Waals surface area contributed by atoms with E-state index in [-0.39, 0.29) is 30.3 Å². The van der Waals surface area contributed by atoms with Crippen LogP contribution in [0.25, 0.3) is 0 Å². The van der Waals surface area contributed by atoms with Crippen molar-refractivity contribution >= 4 is 23.6 Å². The summed E-state index contributed by atoms with van der Waals surface area (Å²) >= 11 is 1.58. The number of amides is 2. The molecule has 2 amide bonds. The van der Waals surface area contributed by atoms with Gasteiger partial charge in [-0.05, 0) is 56.1 Å². The Morgan fingerprint density at radius 1 is 1.29 bits per heavy atom. The summed E-state index contributed by atoms with van der Waals surface area (Å²) in [6.07, 6.45) is 9.43. The van der Waals surface area contributed by atoms with Crippen LogP contribution in [-0.4, -0.2) is 76.6 Å². The van der Waals surface area contributed by atoms with Gasteiger partial charge >= 0.3 is 0 Å². The van der Waals surface area contributed by atoms with E-state index >= 15 is 0 Å². The van der Waals surface area contributed by atoms with Gasteiger partial charge in [-0.3, -0.25) is 14.6 Å². The van der Waals surface area contributed by atoms with Gasteiger partial charge in [-0.1, -0.05) is 30.4 Å². The van der Waals surface area contributed by atoms with E-state index in [0.29, 0.717) is 31.3 Å². The smallest absolute Gasteiger partial charge is 0.241 e. The van der Waals surface area contributed by atoms with Gasteiger partial charge < -0.3 is 15.1 Å². The molecular weight excluding hydrogens is 465 g/mol. The van der Waals surface area contributed by atoms with E-state index in [4.69, 9.17) is 0 Å². The number of hydrogen-bond donors (Lipinski definition) is 1.